The summed E-state index contributed by atoms with van der Waals surface area (Å²) in [7, 11) is 1.88. The summed E-state index contributed by atoms with van der Waals surface area (Å²) in [6, 6.07) is 12.3. The molecule has 4 rings (SSSR count). The van der Waals surface area contributed by atoms with Crippen LogP contribution in [-0.2, 0) is 4.79 Å². The van der Waals surface area contributed by atoms with Crippen LogP contribution in [0.2, 0.25) is 5.02 Å². The number of carbonyl (C=O) groups is 1. The highest BCUT2D eigenvalue weighted by Crippen LogP contribution is 2.49. The molecule has 9 heteroatoms. The molecule has 2 aliphatic rings. The fourth-order valence-electron chi connectivity index (χ4n) is 4.29. The molecule has 1 saturated heterocycles. The third-order valence-corrected chi connectivity index (χ3v) is 6.02. The van der Waals surface area contributed by atoms with Crippen LogP contribution in [0.1, 0.15) is 30.0 Å². The predicted molar refractivity (Wildman–Crippen MR) is 108 cm³/mol. The number of fused-ring (bicyclic) bond motifs is 5. The number of benzene rings is 2. The van der Waals surface area contributed by atoms with Crippen LogP contribution < -0.4 is 15.1 Å². The molecule has 2 heterocycles. The number of anilines is 3. The molecular formula is C21H18ClF3N4O. The molecule has 2 aromatic rings. The lowest BCUT2D eigenvalue weighted by Gasteiger charge is -2.41. The third kappa shape index (κ3) is 3.43. The van der Waals surface area contributed by atoms with Crippen molar-refractivity contribution in [1.82, 2.24) is 5.32 Å². The largest absolute Gasteiger partial charge is 0.471 e. The molecule has 0 aliphatic carbocycles. The van der Waals surface area contributed by atoms with Gasteiger partial charge in [0.2, 0.25) is 0 Å². The van der Waals surface area contributed by atoms with E-state index in [2.05, 4.69) is 16.3 Å². The molecule has 0 aromatic heterocycles. The Bertz CT molecular complexity index is 1050. The third-order valence-electron chi connectivity index (χ3n) is 5.71. The molecule has 5 nitrogen and oxygen atoms in total. The average molecular weight is 435 g/mol. The lowest BCUT2D eigenvalue weighted by molar-refractivity contribution is -0.174. The summed E-state index contributed by atoms with van der Waals surface area (Å²) >= 11 is 6.30. The number of hydrogen-bond acceptors (Lipinski definition) is 4. The SMILES string of the molecule is CN1c2ccccc2[C@H]2C[C@H](NC(=O)C(F)(F)F)CCN2c2cc(Cl)c(C#N)cc21. The molecule has 0 bridgehead atoms. The van der Waals surface area contributed by atoms with Gasteiger partial charge in [-0.2, -0.15) is 18.4 Å². The summed E-state index contributed by atoms with van der Waals surface area (Å²) < 4.78 is 38.2. The molecule has 0 spiro atoms. The molecule has 1 N–H and O–H groups in total. The highest BCUT2D eigenvalue weighted by molar-refractivity contribution is 6.32. The first-order chi connectivity index (χ1) is 14.2. The Balaban J connectivity index is 1.78. The number of carbonyl (C=O) groups excluding carboxylic acids is 1. The van der Waals surface area contributed by atoms with Gasteiger partial charge in [-0.3, -0.25) is 4.79 Å². The molecule has 0 unspecified atom stereocenters. The van der Waals surface area contributed by atoms with Gasteiger partial charge in [-0.05, 0) is 36.6 Å². The standard InChI is InChI=1S/C21H18ClF3N4O/c1-28-16-5-3-2-4-14(16)17-9-13(27-20(30)21(23,24)25)6-7-29(17)19-10-15(22)12(11-26)8-18(19)28/h2-5,8,10,13,17H,6-7,9H2,1H3,(H,27,30)/t13-,17-/m1/s1. The smallest absolute Gasteiger partial charge is 0.363 e. The number of para-hydroxylation sites is 1. The molecule has 1 fully saturated rings. The first kappa shape index (κ1) is 20.4. The van der Waals surface area contributed by atoms with Crippen molar-refractivity contribution < 1.29 is 18.0 Å². The van der Waals surface area contributed by atoms with Crippen LogP contribution in [0.5, 0.6) is 0 Å². The van der Waals surface area contributed by atoms with Crippen LogP contribution >= 0.6 is 11.6 Å². The quantitative estimate of drug-likeness (QED) is 0.708. The fraction of sp³-hybridized carbons (Fsp3) is 0.333. The van der Waals surface area contributed by atoms with Gasteiger partial charge in [0.1, 0.15) is 6.07 Å². The monoisotopic (exact) mass is 434 g/mol. The van der Waals surface area contributed by atoms with Gasteiger partial charge in [-0.25, -0.2) is 0 Å². The maximum absolute atomic E-state index is 12.7. The van der Waals surface area contributed by atoms with Gasteiger partial charge in [0.15, 0.2) is 0 Å². The first-order valence-electron chi connectivity index (χ1n) is 9.41. The van der Waals surface area contributed by atoms with Gasteiger partial charge < -0.3 is 15.1 Å². The minimum Gasteiger partial charge on any atom is -0.363 e. The van der Waals surface area contributed by atoms with E-state index in [0.29, 0.717) is 30.0 Å². The van der Waals surface area contributed by atoms with Gasteiger partial charge in [0.25, 0.3) is 0 Å². The normalized spacial score (nSPS) is 20.4. The number of amides is 1. The number of rotatable bonds is 1. The van der Waals surface area contributed by atoms with Gasteiger partial charge in [-0.15, -0.1) is 0 Å². The Morgan fingerprint density at radius 1 is 1.23 bits per heavy atom. The van der Waals surface area contributed by atoms with Crippen molar-refractivity contribution in [1.29, 1.82) is 5.26 Å². The topological polar surface area (TPSA) is 59.4 Å². The zero-order valence-electron chi connectivity index (χ0n) is 16.0. The minimum absolute atomic E-state index is 0.249. The zero-order valence-corrected chi connectivity index (χ0v) is 16.8. The van der Waals surface area contributed by atoms with Crippen molar-refractivity contribution in [2.24, 2.45) is 0 Å². The maximum Gasteiger partial charge on any atom is 0.471 e. The molecule has 156 valence electrons. The number of alkyl halides is 3. The van der Waals surface area contributed by atoms with Gasteiger partial charge in [0.05, 0.1) is 28.0 Å². The van der Waals surface area contributed by atoms with Crippen LogP contribution in [-0.4, -0.2) is 31.7 Å². The van der Waals surface area contributed by atoms with E-state index in [1.807, 2.05) is 36.2 Å². The van der Waals surface area contributed by atoms with E-state index >= 15 is 0 Å². The van der Waals surface area contributed by atoms with E-state index in [1.54, 1.807) is 12.1 Å². The lowest BCUT2D eigenvalue weighted by atomic mass is 9.90. The summed E-state index contributed by atoms with van der Waals surface area (Å²) in [6.45, 7) is 0.435. The van der Waals surface area contributed by atoms with E-state index < -0.39 is 18.1 Å². The second-order valence-electron chi connectivity index (χ2n) is 7.45. The van der Waals surface area contributed by atoms with Crippen LogP contribution in [0.25, 0.3) is 0 Å². The highest BCUT2D eigenvalue weighted by Gasteiger charge is 2.42. The summed E-state index contributed by atoms with van der Waals surface area (Å²) in [5.74, 6) is -1.91. The molecular weight excluding hydrogens is 417 g/mol. The number of piperidine rings is 1. The number of halogens is 4. The molecule has 2 aromatic carbocycles. The summed E-state index contributed by atoms with van der Waals surface area (Å²) in [5, 5.41) is 11.8. The first-order valence-corrected chi connectivity index (χ1v) is 9.79. The fourth-order valence-corrected chi connectivity index (χ4v) is 4.49. The predicted octanol–water partition coefficient (Wildman–Crippen LogP) is 4.68. The second kappa shape index (κ2) is 7.40. The molecule has 0 saturated carbocycles. The summed E-state index contributed by atoms with van der Waals surface area (Å²) in [5.41, 5.74) is 3.79. The van der Waals surface area contributed by atoms with E-state index in [-0.39, 0.29) is 6.04 Å². The highest BCUT2D eigenvalue weighted by atomic mass is 35.5. The lowest BCUT2D eigenvalue weighted by Crippen LogP contribution is -2.49. The van der Waals surface area contributed by atoms with Gasteiger partial charge in [-0.1, -0.05) is 29.8 Å². The van der Waals surface area contributed by atoms with Crippen LogP contribution in [0, 0.1) is 11.3 Å². The molecule has 30 heavy (non-hydrogen) atoms. The van der Waals surface area contributed by atoms with Crippen LogP contribution in [0.4, 0.5) is 30.2 Å². The maximum atomic E-state index is 12.7. The molecule has 1 amide bonds. The number of nitrogens with zero attached hydrogens (tertiary/aromatic N) is 3. The average Bonchev–Trinajstić information content (AvgIpc) is 2.81. The van der Waals surface area contributed by atoms with Crippen molar-refractivity contribution in [3.05, 3.63) is 52.5 Å². The Labute approximate surface area is 176 Å². The van der Waals surface area contributed by atoms with Crippen molar-refractivity contribution in [2.45, 2.75) is 31.1 Å². The number of nitriles is 1. The second-order valence-corrected chi connectivity index (χ2v) is 7.86. The Kier molecular flexibility index (Phi) is 5.02. The van der Waals surface area contributed by atoms with E-state index in [0.717, 1.165) is 22.6 Å². The number of nitrogens with one attached hydrogen (secondary N) is 1. The summed E-state index contributed by atoms with van der Waals surface area (Å²) in [6.07, 6.45) is -4.22. The zero-order chi connectivity index (χ0) is 21.6. The van der Waals surface area contributed by atoms with E-state index in [9.17, 15) is 23.2 Å². The van der Waals surface area contributed by atoms with Gasteiger partial charge >= 0.3 is 12.1 Å². The Hall–Kier alpha value is -2.92. The number of hydrogen-bond donors (Lipinski definition) is 1. The van der Waals surface area contributed by atoms with Crippen molar-refractivity contribution in [3.8, 4) is 6.07 Å². The minimum atomic E-state index is -4.91. The summed E-state index contributed by atoms with van der Waals surface area (Å²) in [4.78, 5) is 15.5. The molecule has 2 aliphatic heterocycles. The van der Waals surface area contributed by atoms with Crippen molar-refractivity contribution in [3.63, 3.8) is 0 Å². The molecule has 0 radical (unpaired) electrons. The Morgan fingerprint density at radius 2 is 1.97 bits per heavy atom. The van der Waals surface area contributed by atoms with Crippen LogP contribution in [0.15, 0.2) is 36.4 Å². The van der Waals surface area contributed by atoms with Crippen molar-refractivity contribution in [2.75, 3.05) is 23.4 Å². The molecule has 2 atom stereocenters. The van der Waals surface area contributed by atoms with Crippen molar-refractivity contribution >= 4 is 34.6 Å². The van der Waals surface area contributed by atoms with E-state index in [4.69, 9.17) is 11.6 Å². The Morgan fingerprint density at radius 3 is 2.67 bits per heavy atom. The van der Waals surface area contributed by atoms with Gasteiger partial charge in [0, 0.05) is 25.3 Å². The van der Waals surface area contributed by atoms with E-state index in [1.165, 1.54) is 0 Å². The van der Waals surface area contributed by atoms with Crippen LogP contribution in [0.3, 0.4) is 0 Å².